The number of nitrogens with zero attached hydrogens (tertiary/aromatic N) is 1. The van der Waals surface area contributed by atoms with Gasteiger partial charge in [0.25, 0.3) is 0 Å². The molecule has 3 nitrogen and oxygen atoms in total. The number of fused-ring (bicyclic) bond motifs is 1. The summed E-state index contributed by atoms with van der Waals surface area (Å²) < 4.78 is 7.48. The summed E-state index contributed by atoms with van der Waals surface area (Å²) in [7, 11) is 3.74. The second-order valence-corrected chi connectivity index (χ2v) is 3.65. The Labute approximate surface area is 102 Å². The van der Waals surface area contributed by atoms with Gasteiger partial charge in [0.05, 0.1) is 12.6 Å². The molecule has 0 bridgehead atoms. The maximum absolute atomic E-state index is 5.63. The van der Waals surface area contributed by atoms with E-state index in [2.05, 4.69) is 22.9 Å². The SMILES string of the molecule is COc1ccc2ccn(C)c2c1CCN.Cl. The Bertz CT molecular complexity index is 479. The highest BCUT2D eigenvalue weighted by Crippen LogP contribution is 2.28. The van der Waals surface area contributed by atoms with Crippen LogP contribution in [0.5, 0.6) is 5.75 Å². The van der Waals surface area contributed by atoms with Gasteiger partial charge < -0.3 is 15.0 Å². The molecule has 0 unspecified atom stereocenters. The van der Waals surface area contributed by atoms with Crippen molar-refractivity contribution in [2.75, 3.05) is 13.7 Å². The van der Waals surface area contributed by atoms with Crippen molar-refractivity contribution in [1.82, 2.24) is 4.57 Å². The van der Waals surface area contributed by atoms with E-state index in [-0.39, 0.29) is 12.4 Å². The molecule has 2 rings (SSSR count). The van der Waals surface area contributed by atoms with Crippen LogP contribution in [0, 0.1) is 0 Å². The highest BCUT2D eigenvalue weighted by molar-refractivity contribution is 5.86. The molecular formula is C12H17ClN2O. The third-order valence-electron chi connectivity index (χ3n) is 2.72. The van der Waals surface area contributed by atoms with Gasteiger partial charge in [-0.2, -0.15) is 0 Å². The topological polar surface area (TPSA) is 40.2 Å². The van der Waals surface area contributed by atoms with Crippen molar-refractivity contribution < 1.29 is 4.74 Å². The molecule has 0 atom stereocenters. The van der Waals surface area contributed by atoms with Gasteiger partial charge in [0, 0.05) is 24.2 Å². The highest BCUT2D eigenvalue weighted by atomic mass is 35.5. The number of aryl methyl sites for hydroxylation is 1. The average Bonchev–Trinajstić information content (AvgIpc) is 2.62. The molecule has 0 saturated carbocycles. The fraction of sp³-hybridized carbons (Fsp3) is 0.333. The summed E-state index contributed by atoms with van der Waals surface area (Å²) in [6.07, 6.45) is 2.91. The van der Waals surface area contributed by atoms with E-state index in [0.29, 0.717) is 6.54 Å². The fourth-order valence-corrected chi connectivity index (χ4v) is 2.03. The van der Waals surface area contributed by atoms with Gasteiger partial charge in [0.1, 0.15) is 5.75 Å². The van der Waals surface area contributed by atoms with Crippen LogP contribution in [0.2, 0.25) is 0 Å². The molecule has 1 aromatic heterocycles. The number of methoxy groups -OCH3 is 1. The summed E-state index contributed by atoms with van der Waals surface area (Å²) in [5, 5.41) is 1.24. The number of ether oxygens (including phenoxy) is 1. The molecule has 1 aromatic carbocycles. The maximum atomic E-state index is 5.63. The summed E-state index contributed by atoms with van der Waals surface area (Å²) in [5.74, 6) is 0.926. The summed E-state index contributed by atoms with van der Waals surface area (Å²) >= 11 is 0. The van der Waals surface area contributed by atoms with E-state index in [1.165, 1.54) is 16.5 Å². The van der Waals surface area contributed by atoms with Gasteiger partial charge in [-0.1, -0.05) is 0 Å². The Hall–Kier alpha value is -1.19. The van der Waals surface area contributed by atoms with Crippen LogP contribution in [0.3, 0.4) is 0 Å². The molecule has 0 amide bonds. The molecule has 0 aliphatic carbocycles. The van der Waals surface area contributed by atoms with Crippen molar-refractivity contribution in [3.8, 4) is 5.75 Å². The summed E-state index contributed by atoms with van der Waals surface area (Å²) in [6.45, 7) is 0.640. The van der Waals surface area contributed by atoms with Gasteiger partial charge in [-0.15, -0.1) is 12.4 Å². The number of nitrogens with two attached hydrogens (primary N) is 1. The van der Waals surface area contributed by atoms with Gasteiger partial charge >= 0.3 is 0 Å². The van der Waals surface area contributed by atoms with Crippen LogP contribution in [0.1, 0.15) is 5.56 Å². The molecule has 2 N–H and O–H groups in total. The molecule has 4 heteroatoms. The summed E-state index contributed by atoms with van der Waals surface area (Å²) in [6, 6.07) is 6.19. The van der Waals surface area contributed by atoms with Crippen LogP contribution in [-0.4, -0.2) is 18.2 Å². The van der Waals surface area contributed by atoms with E-state index in [9.17, 15) is 0 Å². The lowest BCUT2D eigenvalue weighted by Crippen LogP contribution is -2.06. The predicted octanol–water partition coefficient (Wildman–Crippen LogP) is 2.11. The molecule has 16 heavy (non-hydrogen) atoms. The average molecular weight is 241 g/mol. The van der Waals surface area contributed by atoms with Gasteiger partial charge in [0.15, 0.2) is 0 Å². The minimum absolute atomic E-state index is 0. The van der Waals surface area contributed by atoms with Crippen LogP contribution >= 0.6 is 12.4 Å². The molecule has 0 aliphatic rings. The monoisotopic (exact) mass is 240 g/mol. The maximum Gasteiger partial charge on any atom is 0.124 e. The molecule has 0 radical (unpaired) electrons. The van der Waals surface area contributed by atoms with Crippen molar-refractivity contribution in [2.24, 2.45) is 12.8 Å². The standard InChI is InChI=1S/C12H16N2O.ClH/c1-14-8-6-9-3-4-11(15-2)10(5-7-13)12(9)14;/h3-4,6,8H,5,7,13H2,1-2H3;1H. The molecule has 2 aromatic rings. The number of benzene rings is 1. The summed E-state index contributed by atoms with van der Waals surface area (Å²) in [4.78, 5) is 0. The van der Waals surface area contributed by atoms with Crippen LogP contribution in [0.15, 0.2) is 24.4 Å². The van der Waals surface area contributed by atoms with Gasteiger partial charge in [-0.3, -0.25) is 0 Å². The fourth-order valence-electron chi connectivity index (χ4n) is 2.03. The first kappa shape index (κ1) is 12.9. The predicted molar refractivity (Wildman–Crippen MR) is 69.5 cm³/mol. The van der Waals surface area contributed by atoms with E-state index in [1.807, 2.05) is 13.1 Å². The smallest absolute Gasteiger partial charge is 0.124 e. The van der Waals surface area contributed by atoms with Crippen molar-refractivity contribution in [3.05, 3.63) is 30.0 Å². The Balaban J connectivity index is 0.00000128. The molecule has 0 saturated heterocycles. The number of rotatable bonds is 3. The van der Waals surface area contributed by atoms with Crippen molar-refractivity contribution in [3.63, 3.8) is 0 Å². The Morgan fingerprint density at radius 1 is 1.31 bits per heavy atom. The van der Waals surface area contributed by atoms with Gasteiger partial charge in [-0.05, 0) is 31.2 Å². The Kier molecular flexibility index (Phi) is 4.21. The van der Waals surface area contributed by atoms with Crippen molar-refractivity contribution >= 4 is 23.3 Å². The zero-order chi connectivity index (χ0) is 10.8. The third-order valence-corrected chi connectivity index (χ3v) is 2.72. The van der Waals surface area contributed by atoms with E-state index < -0.39 is 0 Å². The van der Waals surface area contributed by atoms with Crippen molar-refractivity contribution in [1.29, 1.82) is 0 Å². The van der Waals surface area contributed by atoms with Gasteiger partial charge in [0.2, 0.25) is 0 Å². The molecule has 1 heterocycles. The zero-order valence-corrected chi connectivity index (χ0v) is 10.4. The lowest BCUT2D eigenvalue weighted by molar-refractivity contribution is 0.410. The Morgan fingerprint density at radius 2 is 2.06 bits per heavy atom. The van der Waals surface area contributed by atoms with Crippen LogP contribution < -0.4 is 10.5 Å². The van der Waals surface area contributed by atoms with E-state index in [1.54, 1.807) is 7.11 Å². The van der Waals surface area contributed by atoms with Crippen LogP contribution in [0.4, 0.5) is 0 Å². The molecule has 0 fully saturated rings. The largest absolute Gasteiger partial charge is 0.496 e. The number of aromatic nitrogens is 1. The summed E-state index contributed by atoms with van der Waals surface area (Å²) in [5.41, 5.74) is 8.05. The third kappa shape index (κ3) is 2.01. The molecule has 0 aliphatic heterocycles. The first-order valence-electron chi connectivity index (χ1n) is 5.09. The first-order chi connectivity index (χ1) is 7.27. The van der Waals surface area contributed by atoms with Crippen LogP contribution in [-0.2, 0) is 13.5 Å². The zero-order valence-electron chi connectivity index (χ0n) is 9.56. The molecule has 0 spiro atoms. The number of hydrogen-bond donors (Lipinski definition) is 1. The second-order valence-electron chi connectivity index (χ2n) is 3.65. The van der Waals surface area contributed by atoms with E-state index in [4.69, 9.17) is 10.5 Å². The number of halogens is 1. The molecular weight excluding hydrogens is 224 g/mol. The quantitative estimate of drug-likeness (QED) is 0.893. The highest BCUT2D eigenvalue weighted by Gasteiger charge is 2.09. The minimum atomic E-state index is 0. The van der Waals surface area contributed by atoms with Crippen molar-refractivity contribution in [2.45, 2.75) is 6.42 Å². The normalized spacial score (nSPS) is 10.2. The van der Waals surface area contributed by atoms with E-state index in [0.717, 1.165) is 12.2 Å². The molecule has 88 valence electrons. The minimum Gasteiger partial charge on any atom is -0.496 e. The first-order valence-corrected chi connectivity index (χ1v) is 5.09. The van der Waals surface area contributed by atoms with Crippen LogP contribution in [0.25, 0.3) is 10.9 Å². The van der Waals surface area contributed by atoms with Gasteiger partial charge in [-0.25, -0.2) is 0 Å². The second kappa shape index (κ2) is 5.23. The lowest BCUT2D eigenvalue weighted by atomic mass is 10.1. The van der Waals surface area contributed by atoms with E-state index >= 15 is 0 Å². The lowest BCUT2D eigenvalue weighted by Gasteiger charge is -2.10. The Morgan fingerprint density at radius 3 is 2.69 bits per heavy atom. The number of hydrogen-bond acceptors (Lipinski definition) is 2.